The first-order valence-electron chi connectivity index (χ1n) is 6.37. The van der Waals surface area contributed by atoms with E-state index in [0.717, 1.165) is 0 Å². The molecule has 2 aromatic carbocycles. The maximum absolute atomic E-state index is 12.4. The van der Waals surface area contributed by atoms with Crippen molar-refractivity contribution >= 4 is 27.3 Å². The standard InChI is InChI=1S/C15H16ClNO3S/c1-10-14(16)7-4-8-15(10)17-21(19,20)13-6-3-5-12(9-13)11(2)18/h3-9,11,17-18H,1-2H3. The van der Waals surface area contributed by atoms with Crippen molar-refractivity contribution in [2.24, 2.45) is 0 Å². The molecular weight excluding hydrogens is 310 g/mol. The second-order valence-electron chi connectivity index (χ2n) is 4.77. The minimum atomic E-state index is -3.73. The fraction of sp³-hybridized carbons (Fsp3) is 0.200. The van der Waals surface area contributed by atoms with E-state index in [4.69, 9.17) is 11.6 Å². The van der Waals surface area contributed by atoms with Gasteiger partial charge in [0, 0.05) is 5.02 Å². The van der Waals surface area contributed by atoms with Gasteiger partial charge in [0.05, 0.1) is 16.7 Å². The summed E-state index contributed by atoms with van der Waals surface area (Å²) in [6.45, 7) is 3.33. The Morgan fingerprint density at radius 3 is 2.52 bits per heavy atom. The molecule has 0 saturated heterocycles. The lowest BCUT2D eigenvalue weighted by Gasteiger charge is -2.13. The van der Waals surface area contributed by atoms with Crippen LogP contribution in [0.3, 0.4) is 0 Å². The van der Waals surface area contributed by atoms with Gasteiger partial charge in [-0.25, -0.2) is 8.42 Å². The third-order valence-corrected chi connectivity index (χ3v) is 4.94. The third-order valence-electron chi connectivity index (χ3n) is 3.16. The molecule has 2 aromatic rings. The smallest absolute Gasteiger partial charge is 0.261 e. The van der Waals surface area contributed by atoms with Gasteiger partial charge >= 0.3 is 0 Å². The van der Waals surface area contributed by atoms with Gasteiger partial charge in [0.15, 0.2) is 0 Å². The summed E-state index contributed by atoms with van der Waals surface area (Å²) in [5.41, 5.74) is 1.64. The lowest BCUT2D eigenvalue weighted by Crippen LogP contribution is -2.14. The van der Waals surface area contributed by atoms with Crippen molar-refractivity contribution in [1.82, 2.24) is 0 Å². The van der Waals surface area contributed by atoms with Crippen LogP contribution in [0.4, 0.5) is 5.69 Å². The van der Waals surface area contributed by atoms with Gasteiger partial charge in [-0.2, -0.15) is 0 Å². The van der Waals surface area contributed by atoms with Gasteiger partial charge in [-0.3, -0.25) is 4.72 Å². The minimum absolute atomic E-state index is 0.0975. The molecule has 6 heteroatoms. The van der Waals surface area contributed by atoms with Gasteiger partial charge in [-0.1, -0.05) is 29.8 Å². The highest BCUT2D eigenvalue weighted by Gasteiger charge is 2.17. The highest BCUT2D eigenvalue weighted by atomic mass is 35.5. The second kappa shape index (κ2) is 6.05. The van der Waals surface area contributed by atoms with Crippen molar-refractivity contribution in [2.45, 2.75) is 24.8 Å². The number of hydrogen-bond acceptors (Lipinski definition) is 3. The van der Waals surface area contributed by atoms with Gasteiger partial charge in [-0.15, -0.1) is 0 Å². The minimum Gasteiger partial charge on any atom is -0.389 e. The van der Waals surface area contributed by atoms with Crippen molar-refractivity contribution in [1.29, 1.82) is 0 Å². The number of sulfonamides is 1. The van der Waals surface area contributed by atoms with Crippen molar-refractivity contribution in [3.05, 3.63) is 58.6 Å². The molecule has 4 nitrogen and oxygen atoms in total. The number of aliphatic hydroxyl groups is 1. The molecule has 0 saturated carbocycles. The molecule has 0 aliphatic carbocycles. The van der Waals surface area contributed by atoms with Gasteiger partial charge in [0.1, 0.15) is 0 Å². The topological polar surface area (TPSA) is 66.4 Å². The van der Waals surface area contributed by atoms with Crippen molar-refractivity contribution in [3.8, 4) is 0 Å². The Labute approximate surface area is 129 Å². The maximum Gasteiger partial charge on any atom is 0.261 e. The van der Waals surface area contributed by atoms with Crippen LogP contribution in [-0.4, -0.2) is 13.5 Å². The average Bonchev–Trinajstić information content (AvgIpc) is 2.44. The number of nitrogens with one attached hydrogen (secondary N) is 1. The van der Waals surface area contributed by atoms with Crippen molar-refractivity contribution in [3.63, 3.8) is 0 Å². The Bertz CT molecular complexity index is 757. The van der Waals surface area contributed by atoms with Crippen LogP contribution in [-0.2, 0) is 10.0 Å². The number of aliphatic hydroxyl groups excluding tert-OH is 1. The lowest BCUT2D eigenvalue weighted by molar-refractivity contribution is 0.199. The second-order valence-corrected chi connectivity index (χ2v) is 6.86. The Balaban J connectivity index is 2.39. The molecule has 1 atom stereocenters. The lowest BCUT2D eigenvalue weighted by atomic mass is 10.1. The average molecular weight is 326 g/mol. The number of hydrogen-bond donors (Lipinski definition) is 2. The molecule has 0 aromatic heterocycles. The Kier molecular flexibility index (Phi) is 4.56. The fourth-order valence-electron chi connectivity index (χ4n) is 1.86. The number of rotatable bonds is 4. The van der Waals surface area contributed by atoms with E-state index in [1.807, 2.05) is 0 Å². The molecule has 0 aliphatic rings. The highest BCUT2D eigenvalue weighted by molar-refractivity contribution is 7.92. The van der Waals surface area contributed by atoms with Crippen LogP contribution in [0.2, 0.25) is 5.02 Å². The Hall–Kier alpha value is -1.56. The molecular formula is C15H16ClNO3S. The van der Waals surface area contributed by atoms with E-state index in [9.17, 15) is 13.5 Å². The Morgan fingerprint density at radius 1 is 1.19 bits per heavy atom. The monoisotopic (exact) mass is 325 g/mol. The summed E-state index contributed by atoms with van der Waals surface area (Å²) in [5, 5.41) is 10.0. The summed E-state index contributed by atoms with van der Waals surface area (Å²) >= 11 is 5.99. The summed E-state index contributed by atoms with van der Waals surface area (Å²) in [6.07, 6.45) is -0.729. The molecule has 0 aliphatic heterocycles. The van der Waals surface area contributed by atoms with Crippen molar-refractivity contribution in [2.75, 3.05) is 4.72 Å². The molecule has 2 N–H and O–H groups in total. The number of anilines is 1. The zero-order valence-electron chi connectivity index (χ0n) is 11.7. The zero-order valence-corrected chi connectivity index (χ0v) is 13.2. The van der Waals surface area contributed by atoms with E-state index >= 15 is 0 Å². The van der Waals surface area contributed by atoms with Crippen molar-refractivity contribution < 1.29 is 13.5 Å². The van der Waals surface area contributed by atoms with Gasteiger partial charge < -0.3 is 5.11 Å². The van der Waals surface area contributed by atoms with Crippen LogP contribution < -0.4 is 4.72 Å². The van der Waals surface area contributed by atoms with E-state index in [0.29, 0.717) is 21.8 Å². The number of benzene rings is 2. The molecule has 2 rings (SSSR count). The Morgan fingerprint density at radius 2 is 1.86 bits per heavy atom. The SMILES string of the molecule is Cc1c(Cl)cccc1NS(=O)(=O)c1cccc(C(C)O)c1. The van der Waals surface area contributed by atoms with Crippen LogP contribution in [0.25, 0.3) is 0 Å². The molecule has 112 valence electrons. The fourth-order valence-corrected chi connectivity index (χ4v) is 3.22. The van der Waals surface area contributed by atoms with E-state index in [-0.39, 0.29) is 4.90 Å². The first-order chi connectivity index (χ1) is 9.81. The van der Waals surface area contributed by atoms with Gasteiger partial charge in [0.2, 0.25) is 0 Å². The van der Waals surface area contributed by atoms with Crippen LogP contribution >= 0.6 is 11.6 Å². The summed E-state index contributed by atoms with van der Waals surface area (Å²) in [6, 6.07) is 11.2. The summed E-state index contributed by atoms with van der Waals surface area (Å²) in [4.78, 5) is 0.0975. The van der Waals surface area contributed by atoms with Crippen LogP contribution in [0.5, 0.6) is 0 Å². The first-order valence-corrected chi connectivity index (χ1v) is 8.23. The molecule has 0 heterocycles. The third kappa shape index (κ3) is 3.56. The van der Waals surface area contributed by atoms with Gasteiger partial charge in [-0.05, 0) is 49.2 Å². The highest BCUT2D eigenvalue weighted by Crippen LogP contribution is 2.26. The zero-order chi connectivity index (χ0) is 15.6. The predicted molar refractivity (Wildman–Crippen MR) is 84.1 cm³/mol. The van der Waals surface area contributed by atoms with Crippen LogP contribution in [0.15, 0.2) is 47.4 Å². The quantitative estimate of drug-likeness (QED) is 0.904. The maximum atomic E-state index is 12.4. The van der Waals surface area contributed by atoms with Crippen LogP contribution in [0, 0.1) is 6.92 Å². The molecule has 0 radical (unpaired) electrons. The van der Waals surface area contributed by atoms with E-state index in [2.05, 4.69) is 4.72 Å². The van der Waals surface area contributed by atoms with E-state index in [1.54, 1.807) is 44.2 Å². The molecule has 0 fully saturated rings. The molecule has 21 heavy (non-hydrogen) atoms. The predicted octanol–water partition coefficient (Wildman–Crippen LogP) is 3.50. The largest absolute Gasteiger partial charge is 0.389 e. The van der Waals surface area contributed by atoms with Crippen LogP contribution in [0.1, 0.15) is 24.2 Å². The normalized spacial score (nSPS) is 13.0. The molecule has 0 bridgehead atoms. The first kappa shape index (κ1) is 15.8. The number of halogens is 1. The van der Waals surface area contributed by atoms with E-state index in [1.165, 1.54) is 12.1 Å². The summed E-state index contributed by atoms with van der Waals surface area (Å²) in [7, 11) is -3.73. The summed E-state index contributed by atoms with van der Waals surface area (Å²) in [5.74, 6) is 0. The molecule has 0 spiro atoms. The van der Waals surface area contributed by atoms with Gasteiger partial charge in [0.25, 0.3) is 10.0 Å². The molecule has 0 amide bonds. The molecule has 1 unspecified atom stereocenters. The van der Waals surface area contributed by atoms with E-state index < -0.39 is 16.1 Å². The summed E-state index contributed by atoms with van der Waals surface area (Å²) < 4.78 is 27.3.